The standard InChI is InChI=1S/C4H6O3.C2H6N2/c1-3(5)7-4(2)6;1-2(3)4/h1-2H3;1H3,(H3,3,4). The molecule has 0 unspecified atom stereocenters. The molecular weight excluding hydrogens is 148 g/mol. The summed E-state index contributed by atoms with van der Waals surface area (Å²) in [5, 5.41) is 6.28. The highest BCUT2D eigenvalue weighted by molar-refractivity contribution is 5.82. The van der Waals surface area contributed by atoms with Crippen LogP contribution in [0.2, 0.25) is 0 Å². The second-order valence-corrected chi connectivity index (χ2v) is 1.77. The van der Waals surface area contributed by atoms with Crippen molar-refractivity contribution in [3.05, 3.63) is 0 Å². The molecule has 0 fully saturated rings. The minimum absolute atomic E-state index is 0.167. The Labute approximate surface area is 65.0 Å². The fourth-order valence-electron chi connectivity index (χ4n) is 0.202. The molecule has 0 saturated carbocycles. The number of carbonyl (C=O) groups is 2. The Bertz CT molecular complexity index is 149. The number of carbonyl (C=O) groups excluding carboxylic acids is 2. The van der Waals surface area contributed by atoms with Crippen molar-refractivity contribution in [2.24, 2.45) is 5.73 Å². The van der Waals surface area contributed by atoms with Crippen molar-refractivity contribution in [2.45, 2.75) is 20.8 Å². The highest BCUT2D eigenvalue weighted by Gasteiger charge is 1.93. The summed E-state index contributed by atoms with van der Waals surface area (Å²) in [5.41, 5.74) is 4.69. The molecule has 0 aliphatic carbocycles. The van der Waals surface area contributed by atoms with E-state index >= 15 is 0 Å². The lowest BCUT2D eigenvalue weighted by atomic mass is 10.7. The second kappa shape index (κ2) is 6.73. The van der Waals surface area contributed by atoms with Gasteiger partial charge in [0.2, 0.25) is 0 Å². The van der Waals surface area contributed by atoms with Gasteiger partial charge < -0.3 is 10.5 Å². The van der Waals surface area contributed by atoms with Crippen LogP contribution in [0.3, 0.4) is 0 Å². The van der Waals surface area contributed by atoms with Gasteiger partial charge in [0.25, 0.3) is 0 Å². The maximum absolute atomic E-state index is 9.81. The zero-order chi connectivity index (χ0) is 9.44. The largest absolute Gasteiger partial charge is 0.394 e. The molecule has 0 heterocycles. The van der Waals surface area contributed by atoms with E-state index in [4.69, 9.17) is 11.1 Å². The van der Waals surface area contributed by atoms with Crippen molar-refractivity contribution in [2.75, 3.05) is 0 Å². The Kier molecular flexibility index (Phi) is 7.52. The molecule has 64 valence electrons. The fraction of sp³-hybridized carbons (Fsp3) is 0.500. The molecule has 11 heavy (non-hydrogen) atoms. The number of esters is 2. The molecule has 0 spiro atoms. The quantitative estimate of drug-likeness (QED) is 0.226. The number of rotatable bonds is 0. The van der Waals surface area contributed by atoms with Crippen LogP contribution in [-0.4, -0.2) is 17.8 Å². The summed E-state index contributed by atoms with van der Waals surface area (Å²) < 4.78 is 3.97. The predicted octanol–water partition coefficient (Wildman–Crippen LogP) is 0.0383. The Morgan fingerprint density at radius 3 is 1.36 bits per heavy atom. The van der Waals surface area contributed by atoms with Crippen LogP contribution in [0.5, 0.6) is 0 Å². The van der Waals surface area contributed by atoms with Crippen molar-refractivity contribution in [1.29, 1.82) is 5.41 Å². The van der Waals surface area contributed by atoms with E-state index in [9.17, 15) is 9.59 Å². The first-order valence-corrected chi connectivity index (χ1v) is 2.86. The summed E-state index contributed by atoms with van der Waals surface area (Å²) >= 11 is 0. The predicted molar refractivity (Wildman–Crippen MR) is 40.0 cm³/mol. The molecule has 0 aliphatic heterocycles. The molecule has 0 bridgehead atoms. The molecule has 0 radical (unpaired) electrons. The van der Waals surface area contributed by atoms with Crippen molar-refractivity contribution in [1.82, 2.24) is 0 Å². The molecule has 0 saturated heterocycles. The van der Waals surface area contributed by atoms with Crippen LogP contribution < -0.4 is 5.73 Å². The monoisotopic (exact) mass is 160 g/mol. The SMILES string of the molecule is CC(=N)N.CC(=O)OC(C)=O. The average Bonchev–Trinajstić information content (AvgIpc) is 1.56. The first-order valence-electron chi connectivity index (χ1n) is 2.86. The molecule has 5 nitrogen and oxygen atoms in total. The van der Waals surface area contributed by atoms with Gasteiger partial charge in [-0.1, -0.05) is 0 Å². The Morgan fingerprint density at radius 1 is 1.18 bits per heavy atom. The van der Waals surface area contributed by atoms with Gasteiger partial charge in [0.15, 0.2) is 0 Å². The summed E-state index contributed by atoms with van der Waals surface area (Å²) in [4.78, 5) is 19.6. The van der Waals surface area contributed by atoms with Crippen LogP contribution in [0.25, 0.3) is 0 Å². The lowest BCUT2D eigenvalue weighted by molar-refractivity contribution is -0.156. The van der Waals surface area contributed by atoms with Gasteiger partial charge >= 0.3 is 11.9 Å². The summed E-state index contributed by atoms with van der Waals surface area (Å²) in [6.45, 7) is 3.89. The third kappa shape index (κ3) is 55.2. The van der Waals surface area contributed by atoms with Crippen molar-refractivity contribution in [3.63, 3.8) is 0 Å². The average molecular weight is 160 g/mol. The van der Waals surface area contributed by atoms with E-state index in [1.807, 2.05) is 0 Å². The Morgan fingerprint density at radius 2 is 1.36 bits per heavy atom. The van der Waals surface area contributed by atoms with Gasteiger partial charge in [-0.3, -0.25) is 15.0 Å². The molecule has 0 atom stereocenters. The van der Waals surface area contributed by atoms with E-state index in [-0.39, 0.29) is 5.84 Å². The van der Waals surface area contributed by atoms with E-state index in [0.29, 0.717) is 0 Å². The molecule has 5 heteroatoms. The summed E-state index contributed by atoms with van der Waals surface area (Å²) in [6.07, 6.45) is 0. The van der Waals surface area contributed by atoms with Gasteiger partial charge in [-0.25, -0.2) is 0 Å². The third-order valence-corrected chi connectivity index (χ3v) is 0.287. The molecule has 0 aromatic carbocycles. The fourth-order valence-corrected chi connectivity index (χ4v) is 0.202. The number of ether oxygens (including phenoxy) is 1. The molecule has 0 aliphatic rings. The minimum Gasteiger partial charge on any atom is -0.394 e. The zero-order valence-electron chi connectivity index (χ0n) is 6.80. The summed E-state index contributed by atoms with van der Waals surface area (Å²) in [6, 6.07) is 0. The summed E-state index contributed by atoms with van der Waals surface area (Å²) in [7, 11) is 0. The molecular formula is C6H12N2O3. The lowest BCUT2D eigenvalue weighted by Gasteiger charge is -1.87. The van der Waals surface area contributed by atoms with Crippen LogP contribution in [0.1, 0.15) is 20.8 Å². The van der Waals surface area contributed by atoms with Gasteiger partial charge in [-0.05, 0) is 6.92 Å². The molecule has 3 N–H and O–H groups in total. The molecule has 0 aromatic rings. The summed E-state index contributed by atoms with van der Waals surface area (Å²) in [5.74, 6) is -0.958. The maximum atomic E-state index is 9.81. The van der Waals surface area contributed by atoms with Crippen LogP contribution in [0.15, 0.2) is 0 Å². The smallest absolute Gasteiger partial charge is 0.310 e. The van der Waals surface area contributed by atoms with Crippen molar-refractivity contribution < 1.29 is 14.3 Å². The molecule has 0 amide bonds. The van der Waals surface area contributed by atoms with Crippen LogP contribution in [0, 0.1) is 5.41 Å². The van der Waals surface area contributed by atoms with Gasteiger partial charge in [0.1, 0.15) is 0 Å². The van der Waals surface area contributed by atoms with E-state index in [0.717, 1.165) is 0 Å². The first-order chi connectivity index (χ1) is 4.86. The molecule has 0 aromatic heterocycles. The normalized spacial score (nSPS) is 7.18. The van der Waals surface area contributed by atoms with Crippen LogP contribution in [0.4, 0.5) is 0 Å². The first kappa shape index (κ1) is 12.3. The number of hydrogen-bond acceptors (Lipinski definition) is 4. The minimum atomic E-state index is -0.562. The second-order valence-electron chi connectivity index (χ2n) is 1.77. The highest BCUT2D eigenvalue weighted by atomic mass is 16.6. The number of hydrogen-bond donors (Lipinski definition) is 2. The lowest BCUT2D eigenvalue weighted by Crippen LogP contribution is -2.03. The zero-order valence-corrected chi connectivity index (χ0v) is 6.80. The number of nitrogens with one attached hydrogen (secondary N) is 1. The van der Waals surface area contributed by atoms with Gasteiger partial charge in [-0.15, -0.1) is 0 Å². The Hall–Kier alpha value is -1.39. The van der Waals surface area contributed by atoms with Crippen molar-refractivity contribution >= 4 is 17.8 Å². The third-order valence-electron chi connectivity index (χ3n) is 0.287. The maximum Gasteiger partial charge on any atom is 0.310 e. The number of amidine groups is 1. The van der Waals surface area contributed by atoms with Gasteiger partial charge in [0, 0.05) is 13.8 Å². The van der Waals surface area contributed by atoms with Gasteiger partial charge in [-0.2, -0.15) is 0 Å². The van der Waals surface area contributed by atoms with Crippen LogP contribution >= 0.6 is 0 Å². The molecule has 0 rings (SSSR count). The Balaban J connectivity index is 0. The van der Waals surface area contributed by atoms with Crippen molar-refractivity contribution in [3.8, 4) is 0 Å². The topological polar surface area (TPSA) is 93.2 Å². The van der Waals surface area contributed by atoms with E-state index in [1.165, 1.54) is 20.8 Å². The van der Waals surface area contributed by atoms with E-state index in [2.05, 4.69) is 4.74 Å². The highest BCUT2D eigenvalue weighted by Crippen LogP contribution is 1.73. The van der Waals surface area contributed by atoms with Crippen LogP contribution in [-0.2, 0) is 14.3 Å². The number of nitrogens with two attached hydrogens (primary N) is 1. The van der Waals surface area contributed by atoms with Gasteiger partial charge in [0.05, 0.1) is 5.84 Å². The van der Waals surface area contributed by atoms with E-state index in [1.54, 1.807) is 0 Å². The van der Waals surface area contributed by atoms with E-state index < -0.39 is 11.9 Å².